The number of methoxy groups -OCH3 is 1. The molecular formula is C13H16BrCl2NO2. The summed E-state index contributed by atoms with van der Waals surface area (Å²) < 4.78 is 11.7. The Balaban J connectivity index is 2.91. The molecule has 0 aliphatic rings. The molecule has 3 nitrogen and oxygen atoms in total. The summed E-state index contributed by atoms with van der Waals surface area (Å²) in [6.07, 6.45) is 0. The lowest BCUT2D eigenvalue weighted by molar-refractivity contribution is 0.321. The number of benzene rings is 1. The summed E-state index contributed by atoms with van der Waals surface area (Å²) in [4.78, 5) is 0. The van der Waals surface area contributed by atoms with Gasteiger partial charge in [0.1, 0.15) is 6.61 Å². The average molecular weight is 369 g/mol. The zero-order valence-electron chi connectivity index (χ0n) is 10.8. The number of rotatable bonds is 7. The van der Waals surface area contributed by atoms with E-state index in [1.54, 1.807) is 7.11 Å². The standard InChI is InChI=1S/C13H16BrCl2NO2/c1-3-17-7-9-4-11(14)13(12(5-9)18-2)19-8-10(16)6-15/h4-6,17H,3,7-8H2,1-2H3. The van der Waals surface area contributed by atoms with Crippen LogP contribution in [0.2, 0.25) is 0 Å². The summed E-state index contributed by atoms with van der Waals surface area (Å²) in [7, 11) is 1.60. The summed E-state index contributed by atoms with van der Waals surface area (Å²) >= 11 is 14.8. The smallest absolute Gasteiger partial charge is 0.175 e. The molecule has 1 N–H and O–H groups in total. The Hall–Kier alpha value is -0.420. The van der Waals surface area contributed by atoms with Crippen LogP contribution >= 0.6 is 39.1 Å². The van der Waals surface area contributed by atoms with Crippen LogP contribution in [-0.2, 0) is 6.54 Å². The molecule has 0 atom stereocenters. The molecule has 0 heterocycles. The predicted octanol–water partition coefficient (Wildman–Crippen LogP) is 4.27. The average Bonchev–Trinajstić information content (AvgIpc) is 2.42. The van der Waals surface area contributed by atoms with Crippen molar-refractivity contribution in [2.45, 2.75) is 13.5 Å². The second-order valence-corrected chi connectivity index (χ2v) is 5.29. The molecule has 1 rings (SSSR count). The largest absolute Gasteiger partial charge is 0.493 e. The number of nitrogens with one attached hydrogen (secondary N) is 1. The van der Waals surface area contributed by atoms with Crippen molar-refractivity contribution in [3.63, 3.8) is 0 Å². The molecule has 0 amide bonds. The van der Waals surface area contributed by atoms with Gasteiger partial charge in [-0.25, -0.2) is 0 Å². The Morgan fingerprint density at radius 2 is 2.21 bits per heavy atom. The van der Waals surface area contributed by atoms with Crippen LogP contribution in [0.4, 0.5) is 0 Å². The van der Waals surface area contributed by atoms with Gasteiger partial charge in [-0.1, -0.05) is 30.1 Å². The summed E-state index contributed by atoms with van der Waals surface area (Å²) in [5.41, 5.74) is 2.39. The zero-order valence-corrected chi connectivity index (χ0v) is 13.9. The molecule has 106 valence electrons. The van der Waals surface area contributed by atoms with Gasteiger partial charge in [0.15, 0.2) is 11.5 Å². The van der Waals surface area contributed by atoms with Crippen LogP contribution in [0, 0.1) is 0 Å². The lowest BCUT2D eigenvalue weighted by atomic mass is 10.2. The minimum atomic E-state index is 0.201. The maximum atomic E-state index is 5.80. The van der Waals surface area contributed by atoms with E-state index in [2.05, 4.69) is 28.2 Å². The SMILES string of the molecule is CCNCc1cc(Br)c(OCC(Cl)=CCl)c(OC)c1. The summed E-state index contributed by atoms with van der Waals surface area (Å²) in [5, 5.41) is 3.68. The fraction of sp³-hybridized carbons (Fsp3) is 0.385. The van der Waals surface area contributed by atoms with Crippen molar-refractivity contribution in [1.29, 1.82) is 0 Å². The minimum Gasteiger partial charge on any atom is -0.493 e. The first-order valence-corrected chi connectivity index (χ1v) is 7.37. The van der Waals surface area contributed by atoms with Crippen molar-refractivity contribution < 1.29 is 9.47 Å². The van der Waals surface area contributed by atoms with Crippen molar-refractivity contribution >= 4 is 39.1 Å². The van der Waals surface area contributed by atoms with E-state index in [0.29, 0.717) is 16.5 Å². The quantitative estimate of drug-likeness (QED) is 0.779. The molecule has 0 fully saturated rings. The number of hydrogen-bond acceptors (Lipinski definition) is 3. The van der Waals surface area contributed by atoms with Gasteiger partial charge in [-0.3, -0.25) is 0 Å². The lowest BCUT2D eigenvalue weighted by Gasteiger charge is -2.14. The van der Waals surface area contributed by atoms with E-state index in [1.165, 1.54) is 5.54 Å². The molecule has 0 aliphatic carbocycles. The van der Waals surface area contributed by atoms with Gasteiger partial charge < -0.3 is 14.8 Å². The van der Waals surface area contributed by atoms with Gasteiger partial charge in [0.2, 0.25) is 0 Å². The van der Waals surface area contributed by atoms with E-state index < -0.39 is 0 Å². The highest BCUT2D eigenvalue weighted by molar-refractivity contribution is 9.10. The third kappa shape index (κ3) is 5.22. The van der Waals surface area contributed by atoms with Gasteiger partial charge in [0.05, 0.1) is 16.6 Å². The van der Waals surface area contributed by atoms with Crippen molar-refractivity contribution in [1.82, 2.24) is 5.32 Å². The monoisotopic (exact) mass is 367 g/mol. The van der Waals surface area contributed by atoms with Crippen molar-refractivity contribution in [3.05, 3.63) is 32.7 Å². The second kappa shape index (κ2) is 8.69. The number of ether oxygens (including phenoxy) is 2. The molecule has 0 spiro atoms. The van der Waals surface area contributed by atoms with E-state index in [9.17, 15) is 0 Å². The van der Waals surface area contributed by atoms with Crippen molar-refractivity contribution in [2.75, 3.05) is 20.3 Å². The molecular weight excluding hydrogens is 353 g/mol. The maximum absolute atomic E-state index is 5.80. The molecule has 0 radical (unpaired) electrons. The number of hydrogen-bond donors (Lipinski definition) is 1. The molecule has 0 saturated carbocycles. The Bertz CT molecular complexity index is 453. The lowest BCUT2D eigenvalue weighted by Crippen LogP contribution is -2.12. The van der Waals surface area contributed by atoms with Gasteiger partial charge in [0.25, 0.3) is 0 Å². The van der Waals surface area contributed by atoms with Crippen LogP contribution in [-0.4, -0.2) is 20.3 Å². The van der Waals surface area contributed by atoms with E-state index in [-0.39, 0.29) is 6.61 Å². The summed E-state index contributed by atoms with van der Waals surface area (Å²) in [6.45, 7) is 3.94. The van der Waals surface area contributed by atoms with Gasteiger partial charge in [-0.05, 0) is 40.2 Å². The van der Waals surface area contributed by atoms with Crippen LogP contribution in [0.3, 0.4) is 0 Å². The van der Waals surface area contributed by atoms with Gasteiger partial charge in [-0.2, -0.15) is 0 Å². The molecule has 19 heavy (non-hydrogen) atoms. The van der Waals surface area contributed by atoms with Crippen LogP contribution in [0.25, 0.3) is 0 Å². The first-order valence-electron chi connectivity index (χ1n) is 5.77. The molecule has 0 unspecified atom stereocenters. The molecule has 0 bridgehead atoms. The highest BCUT2D eigenvalue weighted by atomic mass is 79.9. The van der Waals surface area contributed by atoms with E-state index in [0.717, 1.165) is 23.1 Å². The Kier molecular flexibility index (Phi) is 7.61. The second-order valence-electron chi connectivity index (χ2n) is 3.73. The molecule has 1 aromatic carbocycles. The summed E-state index contributed by atoms with van der Waals surface area (Å²) in [5.74, 6) is 1.26. The third-order valence-electron chi connectivity index (χ3n) is 2.34. The Morgan fingerprint density at radius 1 is 1.47 bits per heavy atom. The molecule has 0 aromatic heterocycles. The van der Waals surface area contributed by atoms with E-state index >= 15 is 0 Å². The number of halogens is 3. The first kappa shape index (κ1) is 16.6. The van der Waals surface area contributed by atoms with Crippen LogP contribution in [0.5, 0.6) is 11.5 Å². The fourth-order valence-electron chi connectivity index (χ4n) is 1.46. The van der Waals surface area contributed by atoms with Crippen molar-refractivity contribution in [3.8, 4) is 11.5 Å². The normalized spacial score (nSPS) is 11.5. The molecule has 6 heteroatoms. The fourth-order valence-corrected chi connectivity index (χ4v) is 2.18. The highest BCUT2D eigenvalue weighted by Crippen LogP contribution is 2.37. The molecule has 1 aromatic rings. The van der Waals surface area contributed by atoms with Gasteiger partial charge in [0, 0.05) is 12.1 Å². The zero-order chi connectivity index (χ0) is 14.3. The van der Waals surface area contributed by atoms with Gasteiger partial charge >= 0.3 is 0 Å². The highest BCUT2D eigenvalue weighted by Gasteiger charge is 2.12. The maximum Gasteiger partial charge on any atom is 0.175 e. The summed E-state index contributed by atoms with van der Waals surface area (Å²) in [6, 6.07) is 3.92. The van der Waals surface area contributed by atoms with Crippen LogP contribution < -0.4 is 14.8 Å². The van der Waals surface area contributed by atoms with Crippen molar-refractivity contribution in [2.24, 2.45) is 0 Å². The van der Waals surface area contributed by atoms with Crippen LogP contribution in [0.1, 0.15) is 12.5 Å². The topological polar surface area (TPSA) is 30.5 Å². The van der Waals surface area contributed by atoms with E-state index in [4.69, 9.17) is 32.7 Å². The van der Waals surface area contributed by atoms with E-state index in [1.807, 2.05) is 12.1 Å². The molecule has 0 aliphatic heterocycles. The molecule has 0 saturated heterocycles. The third-order valence-corrected chi connectivity index (χ3v) is 3.52. The minimum absolute atomic E-state index is 0.201. The Morgan fingerprint density at radius 3 is 2.79 bits per heavy atom. The Labute approximate surface area is 132 Å². The predicted molar refractivity (Wildman–Crippen MR) is 83.4 cm³/mol. The first-order chi connectivity index (χ1) is 9.12. The van der Waals surface area contributed by atoms with Crippen LogP contribution in [0.15, 0.2) is 27.2 Å². The van der Waals surface area contributed by atoms with Gasteiger partial charge in [-0.15, -0.1) is 0 Å².